The third kappa shape index (κ3) is 2.22. The summed E-state index contributed by atoms with van der Waals surface area (Å²) < 4.78 is 1.48. The van der Waals surface area contributed by atoms with Crippen LogP contribution in [0.15, 0.2) is 36.7 Å². The smallest absolute Gasteiger partial charge is 0.249 e. The van der Waals surface area contributed by atoms with Gasteiger partial charge in [-0.1, -0.05) is 30.3 Å². The predicted molar refractivity (Wildman–Crippen MR) is 63.6 cm³/mol. The second-order valence-electron chi connectivity index (χ2n) is 4.39. The summed E-state index contributed by atoms with van der Waals surface area (Å²) in [6.07, 6.45) is 3.58. The van der Waals surface area contributed by atoms with Gasteiger partial charge in [0, 0.05) is 6.04 Å². The number of nitrogens with one attached hydrogen (secondary N) is 1. The summed E-state index contributed by atoms with van der Waals surface area (Å²) in [4.78, 5) is 12.3. The first-order chi connectivity index (χ1) is 8.84. The molecule has 6 nitrogen and oxygen atoms in total. The molecule has 1 amide bonds. The van der Waals surface area contributed by atoms with E-state index in [1.807, 2.05) is 30.3 Å². The van der Waals surface area contributed by atoms with Gasteiger partial charge in [-0.3, -0.25) is 4.79 Å². The highest BCUT2D eigenvalue weighted by molar-refractivity contribution is 5.83. The van der Waals surface area contributed by atoms with Crippen LogP contribution in [0.1, 0.15) is 24.4 Å². The van der Waals surface area contributed by atoms with E-state index >= 15 is 0 Å². The largest absolute Gasteiger partial charge is 0.351 e. The van der Waals surface area contributed by atoms with Gasteiger partial charge in [0.15, 0.2) is 6.04 Å². The molecule has 1 heterocycles. The lowest BCUT2D eigenvalue weighted by Gasteiger charge is -2.16. The molecule has 0 unspecified atom stereocenters. The Labute approximate surface area is 104 Å². The zero-order valence-electron chi connectivity index (χ0n) is 9.73. The summed E-state index contributed by atoms with van der Waals surface area (Å²) in [6, 6.07) is 9.34. The van der Waals surface area contributed by atoms with Gasteiger partial charge in [-0.05, 0) is 28.8 Å². The number of rotatable bonds is 4. The van der Waals surface area contributed by atoms with Gasteiger partial charge in [0.05, 0.1) is 0 Å². The average molecular weight is 243 g/mol. The Balaban J connectivity index is 1.90. The zero-order valence-corrected chi connectivity index (χ0v) is 9.73. The fourth-order valence-corrected chi connectivity index (χ4v) is 1.85. The van der Waals surface area contributed by atoms with Crippen molar-refractivity contribution in [3.05, 3.63) is 42.2 Å². The summed E-state index contributed by atoms with van der Waals surface area (Å²) in [7, 11) is 0. The van der Waals surface area contributed by atoms with Crippen LogP contribution in [0.3, 0.4) is 0 Å². The summed E-state index contributed by atoms with van der Waals surface area (Å²) in [5.74, 6) is -0.0593. The number of benzene rings is 1. The Hall–Kier alpha value is -2.24. The highest BCUT2D eigenvalue weighted by Crippen LogP contribution is 2.22. The molecule has 0 saturated heterocycles. The maximum atomic E-state index is 12.3. The van der Waals surface area contributed by atoms with Crippen molar-refractivity contribution in [2.24, 2.45) is 0 Å². The molecule has 1 aromatic heterocycles. The van der Waals surface area contributed by atoms with Crippen LogP contribution in [-0.2, 0) is 4.79 Å². The fourth-order valence-electron chi connectivity index (χ4n) is 1.85. The number of nitrogens with zero attached hydrogens (tertiary/aromatic N) is 4. The molecule has 0 radical (unpaired) electrons. The van der Waals surface area contributed by atoms with E-state index in [0.717, 1.165) is 18.4 Å². The minimum atomic E-state index is -0.498. The minimum Gasteiger partial charge on any atom is -0.351 e. The summed E-state index contributed by atoms with van der Waals surface area (Å²) in [5, 5.41) is 14.0. The van der Waals surface area contributed by atoms with Gasteiger partial charge in [-0.25, -0.2) is 4.68 Å². The van der Waals surface area contributed by atoms with E-state index < -0.39 is 6.04 Å². The van der Waals surface area contributed by atoms with Crippen molar-refractivity contribution < 1.29 is 4.79 Å². The Morgan fingerprint density at radius 3 is 2.72 bits per heavy atom. The van der Waals surface area contributed by atoms with Crippen LogP contribution in [-0.4, -0.2) is 32.2 Å². The van der Waals surface area contributed by atoms with Crippen LogP contribution >= 0.6 is 0 Å². The third-order valence-electron chi connectivity index (χ3n) is 2.92. The number of hydrogen-bond donors (Lipinski definition) is 1. The summed E-state index contributed by atoms with van der Waals surface area (Å²) >= 11 is 0. The summed E-state index contributed by atoms with van der Waals surface area (Å²) in [5.41, 5.74) is 0.878. The first-order valence-electron chi connectivity index (χ1n) is 5.92. The highest BCUT2D eigenvalue weighted by Gasteiger charge is 2.29. The standard InChI is InChI=1S/C12H13N5O/c18-12(14-10-6-7-10)11(17-8-13-15-16-17)9-4-2-1-3-5-9/h1-5,8,10-11H,6-7H2,(H,14,18)/t11-/m1/s1. The van der Waals surface area contributed by atoms with E-state index in [9.17, 15) is 4.79 Å². The summed E-state index contributed by atoms with van der Waals surface area (Å²) in [6.45, 7) is 0. The first kappa shape index (κ1) is 10.9. The number of hydrogen-bond acceptors (Lipinski definition) is 4. The normalized spacial score (nSPS) is 16.2. The topological polar surface area (TPSA) is 72.7 Å². The van der Waals surface area contributed by atoms with Gasteiger partial charge in [-0.15, -0.1) is 5.10 Å². The van der Waals surface area contributed by atoms with Crippen molar-refractivity contribution in [1.29, 1.82) is 0 Å². The van der Waals surface area contributed by atoms with Crippen molar-refractivity contribution in [3.8, 4) is 0 Å². The lowest BCUT2D eigenvalue weighted by Crippen LogP contribution is -2.35. The van der Waals surface area contributed by atoms with Crippen molar-refractivity contribution >= 4 is 5.91 Å². The van der Waals surface area contributed by atoms with Gasteiger partial charge in [0.2, 0.25) is 5.91 Å². The molecule has 6 heteroatoms. The van der Waals surface area contributed by atoms with E-state index in [4.69, 9.17) is 0 Å². The molecule has 18 heavy (non-hydrogen) atoms. The number of tetrazole rings is 1. The number of carbonyl (C=O) groups is 1. The van der Waals surface area contributed by atoms with Crippen molar-refractivity contribution in [2.45, 2.75) is 24.9 Å². The van der Waals surface area contributed by atoms with Gasteiger partial charge in [0.25, 0.3) is 0 Å². The molecule has 1 fully saturated rings. The number of carbonyl (C=O) groups excluding carboxylic acids is 1. The van der Waals surface area contributed by atoms with E-state index in [0.29, 0.717) is 6.04 Å². The van der Waals surface area contributed by atoms with Gasteiger partial charge in [0.1, 0.15) is 6.33 Å². The Bertz CT molecular complexity index is 521. The monoisotopic (exact) mass is 243 g/mol. The third-order valence-corrected chi connectivity index (χ3v) is 2.92. The highest BCUT2D eigenvalue weighted by atomic mass is 16.2. The molecule has 1 aliphatic carbocycles. The second kappa shape index (κ2) is 4.56. The fraction of sp³-hybridized carbons (Fsp3) is 0.333. The number of aromatic nitrogens is 4. The lowest BCUT2D eigenvalue weighted by atomic mass is 10.1. The average Bonchev–Trinajstić information content (AvgIpc) is 3.04. The van der Waals surface area contributed by atoms with Gasteiger partial charge < -0.3 is 5.32 Å². The molecule has 1 aromatic carbocycles. The van der Waals surface area contributed by atoms with E-state index in [1.54, 1.807) is 0 Å². The van der Waals surface area contributed by atoms with E-state index in [2.05, 4.69) is 20.8 Å². The van der Waals surface area contributed by atoms with Crippen LogP contribution in [0.2, 0.25) is 0 Å². The molecular formula is C12H13N5O. The molecule has 1 saturated carbocycles. The SMILES string of the molecule is O=C(NC1CC1)[C@@H](c1ccccc1)n1cnnn1. The predicted octanol–water partition coefficient (Wildman–Crippen LogP) is 0.541. The number of amides is 1. The molecule has 0 aliphatic heterocycles. The molecule has 0 spiro atoms. The van der Waals surface area contributed by atoms with Crippen molar-refractivity contribution in [2.75, 3.05) is 0 Å². The Morgan fingerprint density at radius 2 is 2.11 bits per heavy atom. The lowest BCUT2D eigenvalue weighted by molar-refractivity contribution is -0.123. The van der Waals surface area contributed by atoms with Crippen molar-refractivity contribution in [1.82, 2.24) is 25.5 Å². The molecule has 1 atom stereocenters. The maximum Gasteiger partial charge on any atom is 0.249 e. The minimum absolute atomic E-state index is 0.0593. The first-order valence-corrected chi connectivity index (χ1v) is 5.92. The van der Waals surface area contributed by atoms with E-state index in [1.165, 1.54) is 11.0 Å². The molecule has 2 aromatic rings. The second-order valence-corrected chi connectivity index (χ2v) is 4.39. The van der Waals surface area contributed by atoms with Crippen molar-refractivity contribution in [3.63, 3.8) is 0 Å². The Morgan fingerprint density at radius 1 is 1.33 bits per heavy atom. The van der Waals surface area contributed by atoms with Crippen LogP contribution in [0.4, 0.5) is 0 Å². The van der Waals surface area contributed by atoms with Crippen LogP contribution in [0.5, 0.6) is 0 Å². The molecule has 1 N–H and O–H groups in total. The van der Waals surface area contributed by atoms with Crippen LogP contribution in [0, 0.1) is 0 Å². The van der Waals surface area contributed by atoms with Gasteiger partial charge >= 0.3 is 0 Å². The quantitative estimate of drug-likeness (QED) is 0.850. The molecule has 1 aliphatic rings. The zero-order chi connectivity index (χ0) is 12.4. The molecule has 0 bridgehead atoms. The van der Waals surface area contributed by atoms with E-state index in [-0.39, 0.29) is 5.91 Å². The van der Waals surface area contributed by atoms with Crippen LogP contribution < -0.4 is 5.32 Å². The molecule has 92 valence electrons. The Kier molecular flexibility index (Phi) is 2.76. The molecular weight excluding hydrogens is 230 g/mol. The molecule has 3 rings (SSSR count). The van der Waals surface area contributed by atoms with Gasteiger partial charge in [-0.2, -0.15) is 0 Å². The van der Waals surface area contributed by atoms with Crippen LogP contribution in [0.25, 0.3) is 0 Å². The maximum absolute atomic E-state index is 12.3.